The first-order valence-electron chi connectivity index (χ1n) is 5.18. The quantitative estimate of drug-likeness (QED) is 0.648. The van der Waals surface area contributed by atoms with Crippen molar-refractivity contribution in [3.63, 3.8) is 0 Å². The van der Waals surface area contributed by atoms with Gasteiger partial charge in [0.05, 0.1) is 12.8 Å². The Hall–Kier alpha value is -1.29. The number of carbonyl (C=O) groups excluding carboxylic acids is 1. The van der Waals surface area contributed by atoms with E-state index in [1.807, 2.05) is 0 Å². The van der Waals surface area contributed by atoms with Gasteiger partial charge in [-0.25, -0.2) is 9.78 Å². The maximum Gasteiger partial charge on any atom is 0.341 e. The van der Waals surface area contributed by atoms with Gasteiger partial charge in [0.15, 0.2) is 0 Å². The molecule has 1 aromatic heterocycles. The molecule has 1 aliphatic carbocycles. The summed E-state index contributed by atoms with van der Waals surface area (Å²) in [7, 11) is 1.35. The highest BCUT2D eigenvalue weighted by atomic mass is 35.5. The summed E-state index contributed by atoms with van der Waals surface area (Å²) in [6.45, 7) is 0.865. The summed E-state index contributed by atoms with van der Waals surface area (Å²) in [4.78, 5) is 15.3. The van der Waals surface area contributed by atoms with Crippen molar-refractivity contribution < 1.29 is 9.53 Å². The Labute approximate surface area is 99.0 Å². The molecule has 1 N–H and O–H groups in total. The minimum atomic E-state index is -0.400. The number of nitrogens with zero attached hydrogens (tertiary/aromatic N) is 1. The monoisotopic (exact) mass is 240 g/mol. The van der Waals surface area contributed by atoms with Gasteiger partial charge in [0.1, 0.15) is 10.7 Å². The SMILES string of the molecule is COC(=O)c1cnc(Cl)cc1NCC1CC1. The highest BCUT2D eigenvalue weighted by Crippen LogP contribution is 2.29. The molecule has 0 atom stereocenters. The topological polar surface area (TPSA) is 51.2 Å². The summed E-state index contributed by atoms with van der Waals surface area (Å²) < 4.78 is 4.68. The van der Waals surface area contributed by atoms with E-state index in [1.54, 1.807) is 6.07 Å². The zero-order valence-corrected chi connectivity index (χ0v) is 9.75. The fourth-order valence-electron chi connectivity index (χ4n) is 1.43. The van der Waals surface area contributed by atoms with Crippen molar-refractivity contribution in [3.05, 3.63) is 23.0 Å². The lowest BCUT2D eigenvalue weighted by atomic mass is 10.2. The maximum atomic E-state index is 11.5. The molecule has 1 heterocycles. The number of rotatable bonds is 4. The zero-order chi connectivity index (χ0) is 11.5. The second-order valence-electron chi connectivity index (χ2n) is 3.87. The third-order valence-electron chi connectivity index (χ3n) is 2.55. The van der Waals surface area contributed by atoms with E-state index in [0.717, 1.165) is 12.5 Å². The molecule has 1 aliphatic rings. The third-order valence-corrected chi connectivity index (χ3v) is 2.76. The second kappa shape index (κ2) is 4.70. The lowest BCUT2D eigenvalue weighted by Crippen LogP contribution is -2.10. The summed E-state index contributed by atoms with van der Waals surface area (Å²) in [6.07, 6.45) is 3.93. The van der Waals surface area contributed by atoms with Gasteiger partial charge in [-0.2, -0.15) is 0 Å². The van der Waals surface area contributed by atoms with Crippen molar-refractivity contribution in [2.24, 2.45) is 5.92 Å². The van der Waals surface area contributed by atoms with Crippen LogP contribution in [0.2, 0.25) is 5.15 Å². The number of halogens is 1. The van der Waals surface area contributed by atoms with Crippen LogP contribution in [0.4, 0.5) is 5.69 Å². The van der Waals surface area contributed by atoms with Crippen molar-refractivity contribution in [3.8, 4) is 0 Å². The molecule has 0 aliphatic heterocycles. The van der Waals surface area contributed by atoms with Crippen molar-refractivity contribution in [1.29, 1.82) is 0 Å². The number of aromatic nitrogens is 1. The summed E-state index contributed by atoms with van der Waals surface area (Å²) >= 11 is 5.79. The zero-order valence-electron chi connectivity index (χ0n) is 9.00. The molecule has 1 aromatic rings. The van der Waals surface area contributed by atoms with Crippen LogP contribution in [0.5, 0.6) is 0 Å². The van der Waals surface area contributed by atoms with Crippen LogP contribution in [0.15, 0.2) is 12.3 Å². The predicted octanol–water partition coefficient (Wildman–Crippen LogP) is 2.34. The van der Waals surface area contributed by atoms with Crippen LogP contribution >= 0.6 is 11.6 Å². The van der Waals surface area contributed by atoms with E-state index in [-0.39, 0.29) is 0 Å². The van der Waals surface area contributed by atoms with E-state index in [0.29, 0.717) is 16.4 Å². The normalized spacial score (nSPS) is 14.6. The summed E-state index contributed by atoms with van der Waals surface area (Å²) in [5.41, 5.74) is 1.12. The Morgan fingerprint density at radius 2 is 2.44 bits per heavy atom. The number of hydrogen-bond donors (Lipinski definition) is 1. The molecule has 16 heavy (non-hydrogen) atoms. The summed E-state index contributed by atoms with van der Waals surface area (Å²) in [5, 5.41) is 3.57. The molecule has 1 saturated carbocycles. The van der Waals surface area contributed by atoms with Gasteiger partial charge >= 0.3 is 5.97 Å². The van der Waals surface area contributed by atoms with Gasteiger partial charge in [-0.05, 0) is 24.8 Å². The predicted molar refractivity (Wildman–Crippen MR) is 61.8 cm³/mol. The largest absolute Gasteiger partial charge is 0.465 e. The molecule has 0 aromatic carbocycles. The fourth-order valence-corrected chi connectivity index (χ4v) is 1.58. The molecule has 0 amide bonds. The molecule has 1 fully saturated rings. The number of esters is 1. The van der Waals surface area contributed by atoms with Crippen molar-refractivity contribution in [2.75, 3.05) is 19.0 Å². The van der Waals surface area contributed by atoms with E-state index in [2.05, 4.69) is 15.0 Å². The fraction of sp³-hybridized carbons (Fsp3) is 0.455. The Morgan fingerprint density at radius 3 is 3.06 bits per heavy atom. The number of ether oxygens (including phenoxy) is 1. The molecule has 0 radical (unpaired) electrons. The van der Waals surface area contributed by atoms with Crippen LogP contribution in [0.25, 0.3) is 0 Å². The van der Waals surface area contributed by atoms with Gasteiger partial charge in [0, 0.05) is 12.7 Å². The standard InChI is InChI=1S/C11H13ClN2O2/c1-16-11(15)8-6-14-10(12)4-9(8)13-5-7-2-3-7/h4,6-7H,2-3,5H2,1H3,(H,13,14). The molecule has 5 heteroatoms. The van der Waals surface area contributed by atoms with Gasteiger partial charge in [-0.3, -0.25) is 0 Å². The molecule has 0 saturated heterocycles. The maximum absolute atomic E-state index is 11.5. The molecule has 0 unspecified atom stereocenters. The Morgan fingerprint density at radius 1 is 1.69 bits per heavy atom. The molecule has 0 spiro atoms. The second-order valence-corrected chi connectivity index (χ2v) is 4.26. The first-order valence-corrected chi connectivity index (χ1v) is 5.56. The van der Waals surface area contributed by atoms with Gasteiger partial charge in [0.25, 0.3) is 0 Å². The molecular formula is C11H13ClN2O2. The van der Waals surface area contributed by atoms with E-state index in [9.17, 15) is 4.79 Å². The van der Waals surface area contributed by atoms with Crippen LogP contribution in [-0.2, 0) is 4.74 Å². The minimum Gasteiger partial charge on any atom is -0.465 e. The van der Waals surface area contributed by atoms with E-state index in [1.165, 1.54) is 26.1 Å². The molecule has 4 nitrogen and oxygen atoms in total. The minimum absolute atomic E-state index is 0.367. The number of hydrogen-bond acceptors (Lipinski definition) is 4. The van der Waals surface area contributed by atoms with Gasteiger partial charge in [0.2, 0.25) is 0 Å². The van der Waals surface area contributed by atoms with E-state index < -0.39 is 5.97 Å². The Kier molecular flexibility index (Phi) is 3.29. The van der Waals surface area contributed by atoms with Crippen LogP contribution in [0, 0.1) is 5.92 Å². The molecule has 86 valence electrons. The van der Waals surface area contributed by atoms with E-state index in [4.69, 9.17) is 11.6 Å². The molecule has 0 bridgehead atoms. The average Bonchev–Trinajstić information content (AvgIpc) is 3.09. The Balaban J connectivity index is 2.16. The van der Waals surface area contributed by atoms with Gasteiger partial charge in [-0.15, -0.1) is 0 Å². The number of methoxy groups -OCH3 is 1. The highest BCUT2D eigenvalue weighted by Gasteiger charge is 2.22. The number of nitrogens with one attached hydrogen (secondary N) is 1. The van der Waals surface area contributed by atoms with Gasteiger partial charge < -0.3 is 10.1 Å². The first-order chi connectivity index (χ1) is 7.70. The highest BCUT2D eigenvalue weighted by molar-refractivity contribution is 6.29. The van der Waals surface area contributed by atoms with E-state index >= 15 is 0 Å². The van der Waals surface area contributed by atoms with Crippen molar-refractivity contribution in [2.45, 2.75) is 12.8 Å². The van der Waals surface area contributed by atoms with Crippen LogP contribution in [0.1, 0.15) is 23.2 Å². The smallest absolute Gasteiger partial charge is 0.341 e. The molecule has 2 rings (SSSR count). The van der Waals surface area contributed by atoms with Crippen molar-refractivity contribution in [1.82, 2.24) is 4.98 Å². The van der Waals surface area contributed by atoms with Crippen LogP contribution in [-0.4, -0.2) is 24.6 Å². The first kappa shape index (κ1) is 11.2. The van der Waals surface area contributed by atoms with Crippen LogP contribution < -0.4 is 5.32 Å². The van der Waals surface area contributed by atoms with Crippen molar-refractivity contribution >= 4 is 23.3 Å². The number of pyridine rings is 1. The van der Waals surface area contributed by atoms with Gasteiger partial charge in [-0.1, -0.05) is 11.6 Å². The summed E-state index contributed by atoms with van der Waals surface area (Å²) in [6, 6.07) is 1.65. The lowest BCUT2D eigenvalue weighted by Gasteiger charge is -2.10. The number of carbonyl (C=O) groups is 1. The lowest BCUT2D eigenvalue weighted by molar-refractivity contribution is 0.0601. The summed E-state index contributed by atoms with van der Waals surface area (Å²) in [5.74, 6) is 0.319. The average molecular weight is 241 g/mol. The van der Waals surface area contributed by atoms with Crippen LogP contribution in [0.3, 0.4) is 0 Å². The Bertz CT molecular complexity index is 405. The third kappa shape index (κ3) is 2.64. The number of anilines is 1. The molecular weight excluding hydrogens is 228 g/mol.